The molecule has 0 spiro atoms. The van der Waals surface area contributed by atoms with Crippen molar-refractivity contribution in [3.8, 4) is 0 Å². The van der Waals surface area contributed by atoms with E-state index >= 15 is 0 Å². The number of hydrogen-bond acceptors (Lipinski definition) is 4. The summed E-state index contributed by atoms with van der Waals surface area (Å²) in [7, 11) is 0. The standard InChI is InChI=1S/C16H26O4/c1-2-3-7-12-19-15(17)10-11-16(18)20-13-14-8-5-4-6-9-14/h3,7,14H,2,4-6,8-13H2,1H3/b7-3-. The molecular weight excluding hydrogens is 256 g/mol. The fourth-order valence-electron chi connectivity index (χ4n) is 2.29. The van der Waals surface area contributed by atoms with Crippen molar-refractivity contribution in [2.24, 2.45) is 5.92 Å². The van der Waals surface area contributed by atoms with E-state index in [2.05, 4.69) is 0 Å². The fraction of sp³-hybridized carbons (Fsp3) is 0.750. The molecule has 0 radical (unpaired) electrons. The molecule has 0 amide bonds. The number of allylic oxidation sites excluding steroid dienone is 1. The molecule has 0 N–H and O–H groups in total. The van der Waals surface area contributed by atoms with Crippen LogP contribution in [0.2, 0.25) is 0 Å². The molecule has 0 saturated heterocycles. The molecular formula is C16H26O4. The lowest BCUT2D eigenvalue weighted by Gasteiger charge is -2.20. The minimum absolute atomic E-state index is 0.101. The fourth-order valence-corrected chi connectivity index (χ4v) is 2.29. The lowest BCUT2D eigenvalue weighted by molar-refractivity contribution is -0.150. The average molecular weight is 282 g/mol. The van der Waals surface area contributed by atoms with Crippen molar-refractivity contribution in [3.05, 3.63) is 12.2 Å². The van der Waals surface area contributed by atoms with Gasteiger partial charge in [-0.15, -0.1) is 0 Å². The SMILES string of the molecule is CC/C=C\COC(=O)CCC(=O)OCC1CCCCC1. The van der Waals surface area contributed by atoms with Gasteiger partial charge in [0.25, 0.3) is 0 Å². The van der Waals surface area contributed by atoms with Crippen LogP contribution < -0.4 is 0 Å². The third kappa shape index (κ3) is 7.97. The van der Waals surface area contributed by atoms with E-state index in [1.807, 2.05) is 13.0 Å². The van der Waals surface area contributed by atoms with Crippen LogP contribution in [0.15, 0.2) is 12.2 Å². The highest BCUT2D eigenvalue weighted by atomic mass is 16.5. The molecule has 0 aliphatic heterocycles. The Balaban J connectivity index is 2.03. The van der Waals surface area contributed by atoms with Gasteiger partial charge in [0.2, 0.25) is 0 Å². The Morgan fingerprint density at radius 1 is 1.00 bits per heavy atom. The van der Waals surface area contributed by atoms with Gasteiger partial charge in [-0.25, -0.2) is 0 Å². The van der Waals surface area contributed by atoms with Crippen LogP contribution in [0.5, 0.6) is 0 Å². The van der Waals surface area contributed by atoms with E-state index in [1.165, 1.54) is 19.3 Å². The van der Waals surface area contributed by atoms with Gasteiger partial charge >= 0.3 is 11.9 Å². The minimum Gasteiger partial charge on any atom is -0.465 e. The smallest absolute Gasteiger partial charge is 0.306 e. The van der Waals surface area contributed by atoms with Crippen LogP contribution in [0, 0.1) is 5.92 Å². The summed E-state index contributed by atoms with van der Waals surface area (Å²) in [5.41, 5.74) is 0. The van der Waals surface area contributed by atoms with Crippen LogP contribution in [0.25, 0.3) is 0 Å². The molecule has 1 aliphatic carbocycles. The molecule has 4 nitrogen and oxygen atoms in total. The molecule has 1 saturated carbocycles. The number of hydrogen-bond donors (Lipinski definition) is 0. The summed E-state index contributed by atoms with van der Waals surface area (Å²) >= 11 is 0. The minimum atomic E-state index is -0.347. The van der Waals surface area contributed by atoms with Crippen LogP contribution in [0.4, 0.5) is 0 Å². The zero-order chi connectivity index (χ0) is 14.6. The summed E-state index contributed by atoms with van der Waals surface area (Å²) < 4.78 is 10.2. The second kappa shape index (κ2) is 10.5. The van der Waals surface area contributed by atoms with Crippen molar-refractivity contribution >= 4 is 11.9 Å². The molecule has 20 heavy (non-hydrogen) atoms. The zero-order valence-electron chi connectivity index (χ0n) is 12.4. The second-order valence-corrected chi connectivity index (χ2v) is 5.25. The van der Waals surface area contributed by atoms with Gasteiger partial charge < -0.3 is 9.47 Å². The number of esters is 2. The van der Waals surface area contributed by atoms with Crippen molar-refractivity contribution in [2.75, 3.05) is 13.2 Å². The lowest BCUT2D eigenvalue weighted by Crippen LogP contribution is -2.17. The van der Waals surface area contributed by atoms with Gasteiger partial charge in [-0.3, -0.25) is 9.59 Å². The Bertz CT molecular complexity index is 316. The van der Waals surface area contributed by atoms with Crippen molar-refractivity contribution in [1.29, 1.82) is 0 Å². The molecule has 0 aromatic heterocycles. The number of ether oxygens (including phenoxy) is 2. The van der Waals surface area contributed by atoms with Gasteiger partial charge in [-0.05, 0) is 25.2 Å². The van der Waals surface area contributed by atoms with Crippen molar-refractivity contribution in [3.63, 3.8) is 0 Å². The van der Waals surface area contributed by atoms with Crippen molar-refractivity contribution in [1.82, 2.24) is 0 Å². The summed E-state index contributed by atoms with van der Waals surface area (Å²) in [6, 6.07) is 0. The van der Waals surface area contributed by atoms with E-state index in [0.717, 1.165) is 19.3 Å². The first-order chi connectivity index (χ1) is 9.72. The predicted molar refractivity (Wildman–Crippen MR) is 77.2 cm³/mol. The van der Waals surface area contributed by atoms with Crippen LogP contribution in [-0.2, 0) is 19.1 Å². The maximum absolute atomic E-state index is 11.5. The Kier molecular flexibility index (Phi) is 8.76. The molecule has 0 atom stereocenters. The number of carbonyl (C=O) groups excluding carboxylic acids is 2. The van der Waals surface area contributed by atoms with E-state index in [-0.39, 0.29) is 31.4 Å². The van der Waals surface area contributed by atoms with E-state index in [4.69, 9.17) is 9.47 Å². The molecule has 0 unspecified atom stereocenters. The van der Waals surface area contributed by atoms with Gasteiger partial charge in [0.15, 0.2) is 0 Å². The molecule has 1 rings (SSSR count). The van der Waals surface area contributed by atoms with Crippen LogP contribution in [-0.4, -0.2) is 25.2 Å². The second-order valence-electron chi connectivity index (χ2n) is 5.25. The van der Waals surface area contributed by atoms with Crippen molar-refractivity contribution < 1.29 is 19.1 Å². The van der Waals surface area contributed by atoms with Gasteiger partial charge in [0, 0.05) is 0 Å². The lowest BCUT2D eigenvalue weighted by atomic mass is 9.90. The Morgan fingerprint density at radius 2 is 1.65 bits per heavy atom. The molecule has 1 aliphatic rings. The first kappa shape index (κ1) is 16.7. The first-order valence-corrected chi connectivity index (χ1v) is 7.68. The Morgan fingerprint density at radius 3 is 2.30 bits per heavy atom. The third-order valence-electron chi connectivity index (χ3n) is 3.48. The Labute approximate surface area is 121 Å². The third-order valence-corrected chi connectivity index (χ3v) is 3.48. The average Bonchev–Trinajstić information content (AvgIpc) is 2.48. The number of rotatable bonds is 8. The highest BCUT2D eigenvalue weighted by Gasteiger charge is 2.16. The molecule has 0 bridgehead atoms. The molecule has 4 heteroatoms. The summed E-state index contributed by atoms with van der Waals surface area (Å²) in [6.07, 6.45) is 10.9. The summed E-state index contributed by atoms with van der Waals surface area (Å²) in [5.74, 6) is -0.129. The highest BCUT2D eigenvalue weighted by molar-refractivity contribution is 5.77. The molecule has 114 valence electrons. The topological polar surface area (TPSA) is 52.6 Å². The summed E-state index contributed by atoms with van der Waals surface area (Å²) in [4.78, 5) is 22.9. The predicted octanol–water partition coefficient (Wildman–Crippen LogP) is 3.40. The maximum Gasteiger partial charge on any atom is 0.306 e. The summed E-state index contributed by atoms with van der Waals surface area (Å²) in [5, 5.41) is 0. The van der Waals surface area contributed by atoms with Crippen LogP contribution >= 0.6 is 0 Å². The normalized spacial score (nSPS) is 16.2. The monoisotopic (exact) mass is 282 g/mol. The largest absolute Gasteiger partial charge is 0.465 e. The van der Waals surface area contributed by atoms with Gasteiger partial charge in [0.1, 0.15) is 6.61 Å². The molecule has 0 aromatic carbocycles. The van der Waals surface area contributed by atoms with Crippen LogP contribution in [0.3, 0.4) is 0 Å². The van der Waals surface area contributed by atoms with E-state index in [9.17, 15) is 9.59 Å². The van der Waals surface area contributed by atoms with Gasteiger partial charge in [-0.1, -0.05) is 38.3 Å². The van der Waals surface area contributed by atoms with E-state index < -0.39 is 0 Å². The quantitative estimate of drug-likeness (QED) is 0.506. The first-order valence-electron chi connectivity index (χ1n) is 7.68. The molecule has 0 aromatic rings. The van der Waals surface area contributed by atoms with Gasteiger partial charge in [0.05, 0.1) is 19.4 Å². The molecule has 1 fully saturated rings. The maximum atomic E-state index is 11.5. The van der Waals surface area contributed by atoms with E-state index in [0.29, 0.717) is 12.5 Å². The van der Waals surface area contributed by atoms with Crippen LogP contribution in [0.1, 0.15) is 58.3 Å². The summed E-state index contributed by atoms with van der Waals surface area (Å²) in [6.45, 7) is 2.80. The van der Waals surface area contributed by atoms with Crippen molar-refractivity contribution in [2.45, 2.75) is 58.3 Å². The van der Waals surface area contributed by atoms with Gasteiger partial charge in [-0.2, -0.15) is 0 Å². The van der Waals surface area contributed by atoms with E-state index in [1.54, 1.807) is 6.08 Å². The highest BCUT2D eigenvalue weighted by Crippen LogP contribution is 2.23. The molecule has 0 heterocycles. The Hall–Kier alpha value is -1.32. The number of carbonyl (C=O) groups is 2. The zero-order valence-corrected chi connectivity index (χ0v) is 12.4.